The molecule has 2 rings (SSSR count). The normalized spacial score (nSPS) is 37.0. The number of carboxylic acids is 1. The Balaban J connectivity index is 2.03. The molecule has 2 aliphatic rings. The summed E-state index contributed by atoms with van der Waals surface area (Å²) < 4.78 is 0. The summed E-state index contributed by atoms with van der Waals surface area (Å²) in [7, 11) is 0. The first kappa shape index (κ1) is 11.9. The van der Waals surface area contributed by atoms with Crippen molar-refractivity contribution in [3.05, 3.63) is 0 Å². The van der Waals surface area contributed by atoms with Crippen LogP contribution in [0.25, 0.3) is 0 Å². The fraction of sp³-hybridized carbons (Fsp3) is 0.923. The largest absolute Gasteiger partial charge is 0.481 e. The number of carbonyl (C=O) groups is 1. The van der Waals surface area contributed by atoms with E-state index in [0.29, 0.717) is 0 Å². The quantitative estimate of drug-likeness (QED) is 0.801. The van der Waals surface area contributed by atoms with Gasteiger partial charge in [0.15, 0.2) is 0 Å². The van der Waals surface area contributed by atoms with Crippen LogP contribution in [0.4, 0.5) is 0 Å². The van der Waals surface area contributed by atoms with E-state index < -0.39 is 11.4 Å². The molecule has 0 radical (unpaired) electrons. The third kappa shape index (κ3) is 1.86. The van der Waals surface area contributed by atoms with Gasteiger partial charge in [0.2, 0.25) is 0 Å². The highest BCUT2D eigenvalue weighted by molar-refractivity contribution is 5.75. The van der Waals surface area contributed by atoms with E-state index in [1.807, 2.05) is 6.92 Å². The average molecular weight is 225 g/mol. The van der Waals surface area contributed by atoms with Crippen LogP contribution in [0.2, 0.25) is 0 Å². The summed E-state index contributed by atoms with van der Waals surface area (Å²) in [6.45, 7) is 6.39. The molecule has 1 saturated heterocycles. The molecular formula is C13H23NO2. The van der Waals surface area contributed by atoms with Gasteiger partial charge >= 0.3 is 5.97 Å². The molecular weight excluding hydrogens is 202 g/mol. The van der Waals surface area contributed by atoms with E-state index in [0.717, 1.165) is 38.3 Å². The minimum absolute atomic E-state index is 0.279. The molecule has 1 saturated carbocycles. The second-order valence-corrected chi connectivity index (χ2v) is 5.71. The first-order chi connectivity index (χ1) is 7.58. The van der Waals surface area contributed by atoms with Crippen LogP contribution in [0.5, 0.6) is 0 Å². The third-order valence-electron chi connectivity index (χ3n) is 4.65. The zero-order chi connectivity index (χ0) is 11.8. The van der Waals surface area contributed by atoms with Gasteiger partial charge in [-0.05, 0) is 25.7 Å². The van der Waals surface area contributed by atoms with Crippen LogP contribution in [0, 0.1) is 11.3 Å². The minimum atomic E-state index is -0.600. The Labute approximate surface area is 97.8 Å². The molecule has 0 amide bonds. The van der Waals surface area contributed by atoms with Gasteiger partial charge in [0.1, 0.15) is 0 Å². The highest BCUT2D eigenvalue weighted by Gasteiger charge is 2.48. The molecule has 2 atom stereocenters. The number of carboxylic acid groups (broad SMARTS) is 1. The van der Waals surface area contributed by atoms with E-state index in [4.69, 9.17) is 0 Å². The van der Waals surface area contributed by atoms with Crippen molar-refractivity contribution in [3.63, 3.8) is 0 Å². The Morgan fingerprint density at radius 1 is 1.44 bits per heavy atom. The molecule has 1 N–H and O–H groups in total. The van der Waals surface area contributed by atoms with Gasteiger partial charge in [-0.25, -0.2) is 0 Å². The van der Waals surface area contributed by atoms with Gasteiger partial charge < -0.3 is 5.11 Å². The van der Waals surface area contributed by atoms with Gasteiger partial charge in [0.25, 0.3) is 0 Å². The Kier molecular flexibility index (Phi) is 3.24. The Hall–Kier alpha value is -0.570. The van der Waals surface area contributed by atoms with Crippen molar-refractivity contribution < 1.29 is 9.90 Å². The molecule has 3 heteroatoms. The monoisotopic (exact) mass is 225 g/mol. The number of nitrogens with zero attached hydrogens (tertiary/aromatic N) is 1. The van der Waals surface area contributed by atoms with Crippen molar-refractivity contribution in [2.24, 2.45) is 11.3 Å². The lowest BCUT2D eigenvalue weighted by atomic mass is 9.69. The van der Waals surface area contributed by atoms with E-state index in [2.05, 4.69) is 11.8 Å². The Morgan fingerprint density at radius 3 is 2.69 bits per heavy atom. The van der Waals surface area contributed by atoms with Crippen molar-refractivity contribution in [1.29, 1.82) is 0 Å². The summed E-state index contributed by atoms with van der Waals surface area (Å²) in [4.78, 5) is 13.9. The molecule has 1 aliphatic heterocycles. The number of aliphatic carboxylic acids is 1. The number of rotatable bonds is 3. The van der Waals surface area contributed by atoms with Crippen molar-refractivity contribution >= 4 is 5.97 Å². The van der Waals surface area contributed by atoms with Gasteiger partial charge in [-0.2, -0.15) is 0 Å². The van der Waals surface area contributed by atoms with E-state index in [9.17, 15) is 9.90 Å². The van der Waals surface area contributed by atoms with Gasteiger partial charge in [-0.15, -0.1) is 0 Å². The minimum Gasteiger partial charge on any atom is -0.481 e. The molecule has 0 aromatic rings. The van der Waals surface area contributed by atoms with E-state index in [-0.39, 0.29) is 6.04 Å². The van der Waals surface area contributed by atoms with E-state index in [1.54, 1.807) is 0 Å². The number of hydrogen-bond acceptors (Lipinski definition) is 2. The maximum atomic E-state index is 11.5. The lowest BCUT2D eigenvalue weighted by molar-refractivity contribution is -0.158. The lowest BCUT2D eigenvalue weighted by Crippen LogP contribution is -2.60. The fourth-order valence-electron chi connectivity index (χ4n) is 3.27. The molecule has 2 fully saturated rings. The standard InChI is InChI=1S/C13H23NO2/c1-3-10-8-14(9-10)11-6-4-5-7-13(11,2)12(15)16/h10-11H,3-9H2,1-2H3,(H,15,16). The van der Waals surface area contributed by atoms with Gasteiger partial charge in [0.05, 0.1) is 5.41 Å². The summed E-state index contributed by atoms with van der Waals surface area (Å²) in [5.74, 6) is 0.206. The zero-order valence-corrected chi connectivity index (χ0v) is 10.4. The Bertz CT molecular complexity index is 273. The predicted octanol–water partition coefficient (Wildman–Crippen LogP) is 2.36. The fourth-order valence-corrected chi connectivity index (χ4v) is 3.27. The second kappa shape index (κ2) is 4.36. The van der Waals surface area contributed by atoms with Crippen molar-refractivity contribution in [3.8, 4) is 0 Å². The summed E-state index contributed by atoms with van der Waals surface area (Å²) >= 11 is 0. The van der Waals surface area contributed by atoms with Crippen LogP contribution in [0.15, 0.2) is 0 Å². The molecule has 2 unspecified atom stereocenters. The molecule has 92 valence electrons. The van der Waals surface area contributed by atoms with Crippen molar-refractivity contribution in [2.45, 2.75) is 52.0 Å². The topological polar surface area (TPSA) is 40.5 Å². The van der Waals surface area contributed by atoms with E-state index in [1.165, 1.54) is 12.8 Å². The second-order valence-electron chi connectivity index (χ2n) is 5.71. The lowest BCUT2D eigenvalue weighted by Gasteiger charge is -2.51. The highest BCUT2D eigenvalue weighted by atomic mass is 16.4. The SMILES string of the molecule is CCC1CN(C2CCCCC2(C)C(=O)O)C1. The molecule has 3 nitrogen and oxygen atoms in total. The van der Waals surface area contributed by atoms with Crippen molar-refractivity contribution in [2.75, 3.05) is 13.1 Å². The molecule has 0 aromatic heterocycles. The van der Waals surface area contributed by atoms with Crippen LogP contribution in [0.1, 0.15) is 46.0 Å². The van der Waals surface area contributed by atoms with Crippen LogP contribution in [-0.2, 0) is 4.79 Å². The van der Waals surface area contributed by atoms with Gasteiger partial charge in [-0.1, -0.05) is 26.2 Å². The average Bonchev–Trinajstić information content (AvgIpc) is 2.19. The molecule has 0 bridgehead atoms. The van der Waals surface area contributed by atoms with Crippen LogP contribution in [0.3, 0.4) is 0 Å². The van der Waals surface area contributed by atoms with Gasteiger partial charge in [-0.3, -0.25) is 9.69 Å². The molecule has 1 aliphatic carbocycles. The number of likely N-dealkylation sites (tertiary alicyclic amines) is 1. The number of hydrogen-bond donors (Lipinski definition) is 1. The van der Waals surface area contributed by atoms with Crippen molar-refractivity contribution in [1.82, 2.24) is 4.90 Å². The molecule has 0 spiro atoms. The first-order valence-electron chi connectivity index (χ1n) is 6.55. The van der Waals surface area contributed by atoms with E-state index >= 15 is 0 Å². The summed E-state index contributed by atoms with van der Waals surface area (Å²) in [6.07, 6.45) is 5.41. The smallest absolute Gasteiger partial charge is 0.310 e. The maximum absolute atomic E-state index is 11.5. The summed E-state index contributed by atoms with van der Waals surface area (Å²) in [6, 6.07) is 0.279. The van der Waals surface area contributed by atoms with Crippen LogP contribution >= 0.6 is 0 Å². The first-order valence-corrected chi connectivity index (χ1v) is 6.55. The maximum Gasteiger partial charge on any atom is 0.310 e. The molecule has 1 heterocycles. The summed E-state index contributed by atoms with van der Waals surface area (Å²) in [5.41, 5.74) is -0.503. The zero-order valence-electron chi connectivity index (χ0n) is 10.4. The summed E-state index contributed by atoms with van der Waals surface area (Å²) in [5, 5.41) is 9.43. The Morgan fingerprint density at radius 2 is 2.12 bits per heavy atom. The molecule has 16 heavy (non-hydrogen) atoms. The van der Waals surface area contributed by atoms with Gasteiger partial charge in [0, 0.05) is 19.1 Å². The third-order valence-corrected chi connectivity index (χ3v) is 4.65. The molecule has 0 aromatic carbocycles. The highest BCUT2D eigenvalue weighted by Crippen LogP contribution is 2.42. The van der Waals surface area contributed by atoms with Crippen LogP contribution in [-0.4, -0.2) is 35.1 Å². The van der Waals surface area contributed by atoms with Crippen LogP contribution < -0.4 is 0 Å². The predicted molar refractivity (Wildman–Crippen MR) is 63.4 cm³/mol.